The third-order valence-corrected chi connectivity index (χ3v) is 9.97. The van der Waals surface area contributed by atoms with Gasteiger partial charge in [0.25, 0.3) is 0 Å². The van der Waals surface area contributed by atoms with E-state index in [0.29, 0.717) is 31.2 Å². The van der Waals surface area contributed by atoms with Crippen LogP contribution in [-0.4, -0.2) is 45.3 Å². The predicted octanol–water partition coefficient (Wildman–Crippen LogP) is 11.5. The highest BCUT2D eigenvalue weighted by Crippen LogP contribution is 2.40. The fraction of sp³-hybridized carbons (Fsp3) is 0.925. The summed E-state index contributed by atoms with van der Waals surface area (Å²) in [5.74, 6) is 0.635. The lowest BCUT2D eigenvalue weighted by Crippen LogP contribution is -2.64. The first-order valence-corrected chi connectivity index (χ1v) is 20.3. The minimum atomic E-state index is -0.192. The molecule has 0 unspecified atom stereocenters. The first-order chi connectivity index (χ1) is 22.7. The molecule has 0 atom stereocenters. The molecular weight excluding hydrogens is 582 g/mol. The normalized spacial score (nSPS) is 16.1. The molecule has 47 heavy (non-hydrogen) atoms. The zero-order valence-electron chi connectivity index (χ0n) is 32.1. The van der Waals surface area contributed by atoms with Crippen LogP contribution in [0.1, 0.15) is 208 Å². The smallest absolute Gasteiger partial charge is 0.324 e. The van der Waals surface area contributed by atoms with Crippen LogP contribution in [0.25, 0.3) is 0 Å². The highest BCUT2D eigenvalue weighted by atomic mass is 16.5. The Hall–Kier alpha value is -1.63. The molecule has 2 N–H and O–H groups in total. The van der Waals surface area contributed by atoms with Crippen molar-refractivity contribution in [2.75, 3.05) is 18.1 Å². The lowest BCUT2D eigenvalue weighted by Gasteiger charge is -2.54. The molecule has 0 bridgehead atoms. The third-order valence-electron chi connectivity index (χ3n) is 9.97. The Bertz CT molecular complexity index is 842. The summed E-state index contributed by atoms with van der Waals surface area (Å²) >= 11 is 0. The van der Waals surface area contributed by atoms with Crippen LogP contribution < -0.4 is 20.1 Å². The summed E-state index contributed by atoms with van der Waals surface area (Å²) in [4.78, 5) is 16.6. The van der Waals surface area contributed by atoms with E-state index in [2.05, 4.69) is 51.4 Å². The van der Waals surface area contributed by atoms with Gasteiger partial charge in [-0.3, -0.25) is 0 Å². The molecule has 2 heterocycles. The third kappa shape index (κ3) is 18.1. The number of hydrogen-bond donors (Lipinski definition) is 1. The number of ether oxygens (including phenoxy) is 2. The van der Waals surface area contributed by atoms with Crippen molar-refractivity contribution in [2.24, 2.45) is 5.73 Å². The fourth-order valence-electron chi connectivity index (χ4n) is 7.67. The van der Waals surface area contributed by atoms with Crippen molar-refractivity contribution in [3.8, 4) is 12.0 Å². The molecule has 2 rings (SSSR count). The van der Waals surface area contributed by atoms with E-state index in [1.807, 2.05) is 0 Å². The molecule has 1 aliphatic rings. The number of unbranched alkanes of at least 4 members (excludes halogenated alkanes) is 22. The molecule has 0 spiro atoms. The van der Waals surface area contributed by atoms with Crippen LogP contribution in [0.2, 0.25) is 0 Å². The predicted molar refractivity (Wildman–Crippen MR) is 201 cm³/mol. The summed E-state index contributed by atoms with van der Waals surface area (Å²) in [7, 11) is 0. The van der Waals surface area contributed by atoms with Gasteiger partial charge in [0.05, 0.1) is 13.2 Å². The monoisotopic (exact) mass is 660 g/mol. The maximum absolute atomic E-state index is 6.48. The molecular formula is C40H77N5O2. The Morgan fingerprint density at radius 2 is 0.809 bits per heavy atom. The van der Waals surface area contributed by atoms with E-state index < -0.39 is 0 Å². The highest BCUT2D eigenvalue weighted by molar-refractivity contribution is 5.42. The van der Waals surface area contributed by atoms with Gasteiger partial charge in [-0.1, -0.05) is 155 Å². The molecule has 1 aromatic rings. The van der Waals surface area contributed by atoms with Gasteiger partial charge in [0.2, 0.25) is 5.95 Å². The maximum Gasteiger partial charge on any atom is 0.324 e. The van der Waals surface area contributed by atoms with Gasteiger partial charge < -0.3 is 20.1 Å². The summed E-state index contributed by atoms with van der Waals surface area (Å²) < 4.78 is 12.3. The Kier molecular flexibility index (Phi) is 21.7. The van der Waals surface area contributed by atoms with Gasteiger partial charge in [0, 0.05) is 17.1 Å². The van der Waals surface area contributed by atoms with Crippen LogP contribution in [0.4, 0.5) is 5.95 Å². The van der Waals surface area contributed by atoms with Crippen molar-refractivity contribution in [1.82, 2.24) is 15.0 Å². The molecule has 0 saturated carbocycles. The second-order valence-corrected chi connectivity index (χ2v) is 15.8. The topological polar surface area (TPSA) is 86.4 Å². The lowest BCUT2D eigenvalue weighted by molar-refractivity contribution is 0.210. The number of nitrogens with zero attached hydrogens (tertiary/aromatic N) is 4. The molecule has 0 radical (unpaired) electrons. The first-order valence-electron chi connectivity index (χ1n) is 20.3. The molecule has 1 aromatic heterocycles. The molecule has 0 aliphatic carbocycles. The Morgan fingerprint density at radius 1 is 0.511 bits per heavy atom. The van der Waals surface area contributed by atoms with Crippen molar-refractivity contribution in [1.29, 1.82) is 0 Å². The average Bonchev–Trinajstić information content (AvgIpc) is 3.00. The van der Waals surface area contributed by atoms with E-state index in [1.54, 1.807) is 0 Å². The van der Waals surface area contributed by atoms with Crippen molar-refractivity contribution >= 4 is 5.95 Å². The minimum Gasteiger partial charge on any atom is -0.463 e. The van der Waals surface area contributed by atoms with Crippen molar-refractivity contribution in [3.63, 3.8) is 0 Å². The summed E-state index contributed by atoms with van der Waals surface area (Å²) in [5, 5.41) is 0. The first kappa shape index (κ1) is 41.5. The molecule has 274 valence electrons. The van der Waals surface area contributed by atoms with Crippen LogP contribution in [0.5, 0.6) is 12.0 Å². The van der Waals surface area contributed by atoms with Crippen LogP contribution in [-0.2, 0) is 0 Å². The summed E-state index contributed by atoms with van der Waals surface area (Å²) in [6, 6.07) is 0.912. The molecule has 0 amide bonds. The Morgan fingerprint density at radius 3 is 1.13 bits per heavy atom. The molecule has 7 nitrogen and oxygen atoms in total. The average molecular weight is 660 g/mol. The number of hydrogen-bond acceptors (Lipinski definition) is 7. The highest BCUT2D eigenvalue weighted by Gasteiger charge is 2.46. The summed E-state index contributed by atoms with van der Waals surface area (Å²) in [6.45, 7) is 14.7. The van der Waals surface area contributed by atoms with Crippen molar-refractivity contribution in [2.45, 2.75) is 226 Å². The van der Waals surface area contributed by atoms with E-state index in [1.165, 1.54) is 141 Å². The summed E-state index contributed by atoms with van der Waals surface area (Å²) in [5.41, 5.74) is 6.10. The van der Waals surface area contributed by atoms with Gasteiger partial charge >= 0.3 is 12.0 Å². The lowest BCUT2D eigenvalue weighted by atomic mass is 9.77. The van der Waals surface area contributed by atoms with Gasteiger partial charge in [-0.05, 0) is 53.4 Å². The number of piperidine rings is 1. The summed E-state index contributed by atoms with van der Waals surface area (Å²) in [6.07, 6.45) is 33.5. The zero-order chi connectivity index (χ0) is 34.2. The second kappa shape index (κ2) is 24.5. The van der Waals surface area contributed by atoms with E-state index in [-0.39, 0.29) is 17.1 Å². The Balaban J connectivity index is 1.80. The van der Waals surface area contributed by atoms with Gasteiger partial charge in [-0.15, -0.1) is 4.98 Å². The Labute approximate surface area is 291 Å². The van der Waals surface area contributed by atoms with Crippen LogP contribution >= 0.6 is 0 Å². The standard InChI is InChI=1S/C40H77N5O2/c1-7-9-11-13-15-17-19-21-23-25-27-29-31-46-37-42-36(45-39(3,4)33-35(41)34-40(45,5)6)43-38(44-37)47-32-30-28-26-24-22-20-18-16-14-12-10-8-2/h35H,7-34,41H2,1-6H3. The van der Waals surface area contributed by atoms with Gasteiger partial charge in [-0.2, -0.15) is 9.97 Å². The van der Waals surface area contributed by atoms with Crippen LogP contribution in [0.15, 0.2) is 0 Å². The van der Waals surface area contributed by atoms with E-state index in [4.69, 9.17) is 25.2 Å². The molecule has 0 aromatic carbocycles. The quantitative estimate of drug-likeness (QED) is 0.0856. The SMILES string of the molecule is CCCCCCCCCCCCCCOc1nc(OCCCCCCCCCCCCCC)nc(N2C(C)(C)CC(N)CC2(C)C)n1. The van der Waals surface area contributed by atoms with Gasteiger partial charge in [0.1, 0.15) is 0 Å². The van der Waals surface area contributed by atoms with Gasteiger partial charge in [-0.25, -0.2) is 0 Å². The molecule has 1 saturated heterocycles. The maximum atomic E-state index is 6.48. The van der Waals surface area contributed by atoms with Crippen molar-refractivity contribution in [3.05, 3.63) is 0 Å². The van der Waals surface area contributed by atoms with Crippen molar-refractivity contribution < 1.29 is 9.47 Å². The number of aromatic nitrogens is 3. The van der Waals surface area contributed by atoms with Crippen LogP contribution in [0.3, 0.4) is 0 Å². The van der Waals surface area contributed by atoms with E-state index in [0.717, 1.165) is 25.7 Å². The molecule has 1 fully saturated rings. The molecule has 7 heteroatoms. The zero-order valence-corrected chi connectivity index (χ0v) is 32.1. The second-order valence-electron chi connectivity index (χ2n) is 15.8. The minimum absolute atomic E-state index is 0.154. The number of anilines is 1. The molecule has 1 aliphatic heterocycles. The van der Waals surface area contributed by atoms with Gasteiger partial charge in [0.15, 0.2) is 0 Å². The van der Waals surface area contributed by atoms with E-state index >= 15 is 0 Å². The van der Waals surface area contributed by atoms with E-state index in [9.17, 15) is 0 Å². The fourth-order valence-corrected chi connectivity index (χ4v) is 7.67. The van der Waals surface area contributed by atoms with Crippen LogP contribution in [0, 0.1) is 0 Å². The number of nitrogens with two attached hydrogens (primary N) is 1. The number of rotatable bonds is 29. The largest absolute Gasteiger partial charge is 0.463 e.